The fraction of sp³-hybridized carbons (Fsp3) is 0.200. The van der Waals surface area contributed by atoms with Gasteiger partial charge in [0.05, 0.1) is 30.5 Å². The highest BCUT2D eigenvalue weighted by atomic mass is 79.9. The first kappa shape index (κ1) is 26.2. The van der Waals surface area contributed by atoms with Crippen molar-refractivity contribution in [1.29, 1.82) is 0 Å². The molecule has 0 aliphatic heterocycles. The number of benzene rings is 3. The SMILES string of the molecule is COc1ccc(N(CC(=O)N/N=C(/C)c2ccc(Br)cc2)S(=O)(=O)c2ccc(C)cc2)c(OC)c1. The Kier molecular flexibility index (Phi) is 8.52. The van der Waals surface area contributed by atoms with Crippen LogP contribution in [-0.4, -0.2) is 40.8 Å². The Bertz CT molecular complexity index is 1320. The van der Waals surface area contributed by atoms with Crippen molar-refractivity contribution in [3.05, 3.63) is 82.3 Å². The van der Waals surface area contributed by atoms with Crippen LogP contribution in [0.5, 0.6) is 11.5 Å². The van der Waals surface area contributed by atoms with Gasteiger partial charge in [-0.15, -0.1) is 0 Å². The Hall–Kier alpha value is -3.37. The summed E-state index contributed by atoms with van der Waals surface area (Å²) in [5.74, 6) is 0.106. The number of aryl methyl sites for hydroxylation is 1. The zero-order valence-electron chi connectivity index (χ0n) is 19.8. The predicted octanol–water partition coefficient (Wildman–Crippen LogP) is 4.51. The maximum absolute atomic E-state index is 13.6. The molecule has 35 heavy (non-hydrogen) atoms. The first-order valence-electron chi connectivity index (χ1n) is 10.6. The van der Waals surface area contributed by atoms with Gasteiger partial charge in [-0.05, 0) is 55.8 Å². The lowest BCUT2D eigenvalue weighted by atomic mass is 10.1. The number of nitrogens with one attached hydrogen (secondary N) is 1. The van der Waals surface area contributed by atoms with E-state index in [4.69, 9.17) is 9.47 Å². The van der Waals surface area contributed by atoms with Gasteiger partial charge in [-0.3, -0.25) is 9.10 Å². The van der Waals surface area contributed by atoms with Gasteiger partial charge in [-0.25, -0.2) is 13.8 Å². The molecule has 3 aromatic rings. The maximum Gasteiger partial charge on any atom is 0.264 e. The number of hydrazone groups is 1. The molecule has 0 aliphatic rings. The number of sulfonamides is 1. The Labute approximate surface area is 213 Å². The van der Waals surface area contributed by atoms with Crippen LogP contribution in [0.1, 0.15) is 18.1 Å². The number of amides is 1. The normalized spacial score (nSPS) is 11.6. The van der Waals surface area contributed by atoms with Gasteiger partial charge in [0.2, 0.25) is 0 Å². The van der Waals surface area contributed by atoms with Gasteiger partial charge < -0.3 is 9.47 Å². The van der Waals surface area contributed by atoms with Crippen LogP contribution in [-0.2, 0) is 14.8 Å². The van der Waals surface area contributed by atoms with Crippen LogP contribution in [0.25, 0.3) is 0 Å². The van der Waals surface area contributed by atoms with Crippen LogP contribution in [0, 0.1) is 6.92 Å². The largest absolute Gasteiger partial charge is 0.497 e. The van der Waals surface area contributed by atoms with E-state index in [1.807, 2.05) is 31.2 Å². The van der Waals surface area contributed by atoms with Gasteiger partial charge in [0.25, 0.3) is 15.9 Å². The molecule has 0 radical (unpaired) electrons. The smallest absolute Gasteiger partial charge is 0.264 e. The number of rotatable bonds is 9. The molecule has 10 heteroatoms. The lowest BCUT2D eigenvalue weighted by Gasteiger charge is -2.25. The number of carbonyl (C=O) groups excluding carboxylic acids is 1. The number of hydrogen-bond acceptors (Lipinski definition) is 6. The maximum atomic E-state index is 13.6. The van der Waals surface area contributed by atoms with Crippen LogP contribution < -0.4 is 19.2 Å². The molecule has 0 fully saturated rings. The zero-order valence-corrected chi connectivity index (χ0v) is 22.2. The third kappa shape index (κ3) is 6.40. The van der Waals surface area contributed by atoms with Crippen molar-refractivity contribution in [2.75, 3.05) is 25.1 Å². The molecule has 0 unspecified atom stereocenters. The van der Waals surface area contributed by atoms with E-state index in [0.29, 0.717) is 11.5 Å². The summed E-state index contributed by atoms with van der Waals surface area (Å²) in [6, 6.07) is 18.5. The van der Waals surface area contributed by atoms with Gasteiger partial charge in [-0.2, -0.15) is 5.10 Å². The van der Waals surface area contributed by atoms with Gasteiger partial charge in [0.15, 0.2) is 0 Å². The Morgan fingerprint density at radius 1 is 1.00 bits per heavy atom. The molecule has 8 nitrogen and oxygen atoms in total. The molecular weight excluding hydrogens is 534 g/mol. The lowest BCUT2D eigenvalue weighted by molar-refractivity contribution is -0.119. The fourth-order valence-corrected chi connectivity index (χ4v) is 4.89. The summed E-state index contributed by atoms with van der Waals surface area (Å²) < 4.78 is 39.8. The quantitative estimate of drug-likeness (QED) is 0.307. The average molecular weight is 560 g/mol. The summed E-state index contributed by atoms with van der Waals surface area (Å²) in [4.78, 5) is 12.9. The van der Waals surface area contributed by atoms with E-state index in [9.17, 15) is 13.2 Å². The second-order valence-corrected chi connectivity index (χ2v) is 10.4. The first-order chi connectivity index (χ1) is 16.6. The highest BCUT2D eigenvalue weighted by Gasteiger charge is 2.29. The van der Waals surface area contributed by atoms with Crippen molar-refractivity contribution in [3.8, 4) is 11.5 Å². The number of ether oxygens (including phenoxy) is 2. The topological polar surface area (TPSA) is 97.3 Å². The highest BCUT2D eigenvalue weighted by molar-refractivity contribution is 9.10. The van der Waals surface area contributed by atoms with Gasteiger partial charge in [-0.1, -0.05) is 45.8 Å². The van der Waals surface area contributed by atoms with Crippen LogP contribution in [0.15, 0.2) is 81.2 Å². The van der Waals surface area contributed by atoms with Crippen molar-refractivity contribution in [1.82, 2.24) is 5.43 Å². The number of halogens is 1. The summed E-state index contributed by atoms with van der Waals surface area (Å²) in [5.41, 5.74) is 4.94. The van der Waals surface area contributed by atoms with Gasteiger partial charge in [0, 0.05) is 10.5 Å². The van der Waals surface area contributed by atoms with E-state index in [-0.39, 0.29) is 16.3 Å². The minimum Gasteiger partial charge on any atom is -0.497 e. The Morgan fingerprint density at radius 2 is 1.66 bits per heavy atom. The number of methoxy groups -OCH3 is 2. The predicted molar refractivity (Wildman–Crippen MR) is 140 cm³/mol. The van der Waals surface area contributed by atoms with E-state index >= 15 is 0 Å². The van der Waals surface area contributed by atoms with E-state index in [2.05, 4.69) is 26.5 Å². The second kappa shape index (κ2) is 11.4. The van der Waals surface area contributed by atoms with Crippen molar-refractivity contribution in [2.45, 2.75) is 18.7 Å². The van der Waals surface area contributed by atoms with Crippen LogP contribution in [0.3, 0.4) is 0 Å². The van der Waals surface area contributed by atoms with E-state index in [0.717, 1.165) is 19.9 Å². The number of hydrogen-bond donors (Lipinski definition) is 1. The molecule has 0 heterocycles. The molecule has 3 aromatic carbocycles. The molecule has 1 amide bonds. The van der Waals surface area contributed by atoms with Gasteiger partial charge >= 0.3 is 0 Å². The van der Waals surface area contributed by atoms with Crippen molar-refractivity contribution >= 4 is 43.3 Å². The molecule has 184 valence electrons. The minimum atomic E-state index is -4.12. The summed E-state index contributed by atoms with van der Waals surface area (Å²) >= 11 is 3.38. The van der Waals surface area contributed by atoms with E-state index < -0.39 is 22.5 Å². The number of carbonyl (C=O) groups is 1. The summed E-state index contributed by atoms with van der Waals surface area (Å²) in [5, 5.41) is 4.14. The van der Waals surface area contributed by atoms with Crippen molar-refractivity contribution < 1.29 is 22.7 Å². The summed E-state index contributed by atoms with van der Waals surface area (Å²) in [6.45, 7) is 3.09. The standard InChI is InChI=1S/C25H26BrN3O5S/c1-17-5-12-22(13-6-17)35(31,32)29(23-14-11-21(33-3)15-24(23)34-4)16-25(30)28-27-18(2)19-7-9-20(26)10-8-19/h5-15H,16H2,1-4H3,(H,28,30)/b27-18-. The second-order valence-electron chi connectivity index (χ2n) is 7.60. The van der Waals surface area contributed by atoms with Crippen LogP contribution >= 0.6 is 15.9 Å². The highest BCUT2D eigenvalue weighted by Crippen LogP contribution is 2.35. The van der Waals surface area contributed by atoms with Crippen molar-refractivity contribution in [2.24, 2.45) is 5.10 Å². The fourth-order valence-electron chi connectivity index (χ4n) is 3.20. The third-order valence-corrected chi connectivity index (χ3v) is 7.46. The van der Waals surface area contributed by atoms with Crippen molar-refractivity contribution in [3.63, 3.8) is 0 Å². The lowest BCUT2D eigenvalue weighted by Crippen LogP contribution is -2.40. The Balaban J connectivity index is 1.95. The van der Waals surface area contributed by atoms with Gasteiger partial charge in [0.1, 0.15) is 18.0 Å². The molecule has 3 rings (SSSR count). The third-order valence-electron chi connectivity index (χ3n) is 5.16. The molecular formula is C25H26BrN3O5S. The molecule has 0 bridgehead atoms. The van der Waals surface area contributed by atoms with Crippen LogP contribution in [0.4, 0.5) is 5.69 Å². The molecule has 1 N–H and O–H groups in total. The van der Waals surface area contributed by atoms with Crippen LogP contribution in [0.2, 0.25) is 0 Å². The van der Waals surface area contributed by atoms with E-state index in [1.54, 1.807) is 31.2 Å². The molecule has 0 atom stereocenters. The van der Waals surface area contributed by atoms with E-state index in [1.165, 1.54) is 32.4 Å². The molecule has 0 spiro atoms. The number of anilines is 1. The Morgan fingerprint density at radius 3 is 2.26 bits per heavy atom. The first-order valence-corrected chi connectivity index (χ1v) is 12.8. The molecule has 0 saturated carbocycles. The number of nitrogens with zero attached hydrogens (tertiary/aromatic N) is 2. The average Bonchev–Trinajstić information content (AvgIpc) is 2.86. The monoisotopic (exact) mass is 559 g/mol. The zero-order chi connectivity index (χ0) is 25.6. The summed E-state index contributed by atoms with van der Waals surface area (Å²) in [6.07, 6.45) is 0. The molecule has 0 aliphatic carbocycles. The molecule has 0 saturated heterocycles. The minimum absolute atomic E-state index is 0.0447. The molecule has 0 aromatic heterocycles. The summed E-state index contributed by atoms with van der Waals surface area (Å²) in [7, 11) is -1.20.